The number of benzene rings is 2. The number of fused-ring (bicyclic) bond motifs is 1. The fourth-order valence-corrected chi connectivity index (χ4v) is 4.06. The van der Waals surface area contributed by atoms with Crippen LogP contribution in [-0.4, -0.2) is 52.2 Å². The van der Waals surface area contributed by atoms with Crippen LogP contribution >= 0.6 is 12.2 Å². The summed E-state index contributed by atoms with van der Waals surface area (Å²) in [5, 5.41) is 16.9. The van der Waals surface area contributed by atoms with E-state index in [9.17, 15) is 14.9 Å². The summed E-state index contributed by atoms with van der Waals surface area (Å²) in [6.07, 6.45) is 3.33. The van der Waals surface area contributed by atoms with Gasteiger partial charge in [0, 0.05) is 43.3 Å². The normalized spacial score (nSPS) is 13.4. The molecular weight excluding hydrogens is 484 g/mol. The highest BCUT2D eigenvalue weighted by atomic mass is 32.1. The second-order valence-electron chi connectivity index (χ2n) is 7.91. The molecule has 0 radical (unpaired) electrons. The zero-order chi connectivity index (χ0) is 25.1. The molecule has 1 saturated heterocycles. The lowest BCUT2D eigenvalue weighted by Crippen LogP contribution is -2.39. The van der Waals surface area contributed by atoms with E-state index < -0.39 is 10.8 Å². The summed E-state index contributed by atoms with van der Waals surface area (Å²) in [6, 6.07) is 13.1. The number of morpholine rings is 1. The first-order chi connectivity index (χ1) is 17.5. The van der Waals surface area contributed by atoms with E-state index in [0.717, 1.165) is 5.56 Å². The molecule has 0 bridgehead atoms. The predicted molar refractivity (Wildman–Crippen MR) is 137 cm³/mol. The molecule has 1 aliphatic rings. The summed E-state index contributed by atoms with van der Waals surface area (Å²) in [7, 11) is 0. The Bertz CT molecular complexity index is 1450. The van der Waals surface area contributed by atoms with Crippen LogP contribution in [0, 0.1) is 10.1 Å². The summed E-state index contributed by atoms with van der Waals surface area (Å²) in [5.74, 6) is -0.119. The van der Waals surface area contributed by atoms with Gasteiger partial charge in [0.2, 0.25) is 5.89 Å². The number of carbonyl (C=O) groups is 1. The molecule has 0 spiro atoms. The standard InChI is InChI=1S/C24H20N6O5S/c31-22(18-13-17(30(32)33)4-5-20(18)29-8-10-34-11-9-29)28-24(36)26-16-3-6-21-19(12-16)27-23(35-21)15-2-1-7-25-14-15/h1-7,12-14H,8-11H2,(H2,26,28,31,36). The van der Waals surface area contributed by atoms with Crippen molar-refractivity contribution in [1.29, 1.82) is 0 Å². The Morgan fingerprint density at radius 1 is 1.14 bits per heavy atom. The molecule has 182 valence electrons. The number of aromatic nitrogens is 2. The summed E-state index contributed by atoms with van der Waals surface area (Å²) in [5.41, 5.74) is 3.07. The van der Waals surface area contributed by atoms with Crippen molar-refractivity contribution in [2.24, 2.45) is 0 Å². The number of ether oxygens (including phenoxy) is 1. The van der Waals surface area contributed by atoms with Crippen molar-refractivity contribution in [2.45, 2.75) is 0 Å². The van der Waals surface area contributed by atoms with Crippen LogP contribution in [0.4, 0.5) is 17.1 Å². The number of nitro groups is 1. The average molecular weight is 505 g/mol. The van der Waals surface area contributed by atoms with Gasteiger partial charge in [-0.3, -0.25) is 25.2 Å². The average Bonchev–Trinajstić information content (AvgIpc) is 3.33. The second kappa shape index (κ2) is 10.1. The van der Waals surface area contributed by atoms with Gasteiger partial charge in [0.15, 0.2) is 10.7 Å². The number of carbonyl (C=O) groups excluding carboxylic acids is 1. The van der Waals surface area contributed by atoms with E-state index in [1.54, 1.807) is 42.7 Å². The lowest BCUT2D eigenvalue weighted by molar-refractivity contribution is -0.384. The van der Waals surface area contributed by atoms with Gasteiger partial charge in [0.1, 0.15) is 5.52 Å². The number of hydrogen-bond acceptors (Lipinski definition) is 9. The molecule has 2 aromatic carbocycles. The van der Waals surface area contributed by atoms with E-state index in [1.807, 2.05) is 11.0 Å². The fraction of sp³-hybridized carbons (Fsp3) is 0.167. The van der Waals surface area contributed by atoms with Gasteiger partial charge in [-0.2, -0.15) is 0 Å². The fourth-order valence-electron chi connectivity index (χ4n) is 3.85. The third kappa shape index (κ3) is 4.99. The largest absolute Gasteiger partial charge is 0.436 e. The smallest absolute Gasteiger partial charge is 0.270 e. The number of non-ortho nitro benzene ring substituents is 1. The lowest BCUT2D eigenvalue weighted by atomic mass is 10.1. The van der Waals surface area contributed by atoms with Crippen LogP contribution < -0.4 is 15.5 Å². The van der Waals surface area contributed by atoms with Gasteiger partial charge in [-0.25, -0.2) is 4.98 Å². The highest BCUT2D eigenvalue weighted by Crippen LogP contribution is 2.27. The van der Waals surface area contributed by atoms with Crippen molar-refractivity contribution < 1.29 is 18.9 Å². The quantitative estimate of drug-likeness (QED) is 0.235. The minimum atomic E-state index is -0.556. The van der Waals surface area contributed by atoms with Gasteiger partial charge in [0.05, 0.1) is 35.0 Å². The molecule has 2 N–H and O–H groups in total. The van der Waals surface area contributed by atoms with E-state index in [0.29, 0.717) is 54.7 Å². The summed E-state index contributed by atoms with van der Waals surface area (Å²) >= 11 is 5.34. The Morgan fingerprint density at radius 2 is 1.97 bits per heavy atom. The molecule has 12 heteroatoms. The number of thiocarbonyl (C=S) groups is 1. The molecule has 2 aromatic heterocycles. The zero-order valence-corrected chi connectivity index (χ0v) is 19.7. The predicted octanol–water partition coefficient (Wildman–Crippen LogP) is 3.76. The molecule has 3 heterocycles. The van der Waals surface area contributed by atoms with Gasteiger partial charge >= 0.3 is 0 Å². The third-order valence-electron chi connectivity index (χ3n) is 5.57. The second-order valence-corrected chi connectivity index (χ2v) is 8.32. The third-order valence-corrected chi connectivity index (χ3v) is 5.77. The van der Waals surface area contributed by atoms with Crippen LogP contribution in [0.25, 0.3) is 22.6 Å². The van der Waals surface area contributed by atoms with Crippen LogP contribution in [0.2, 0.25) is 0 Å². The first kappa shape index (κ1) is 23.3. The molecule has 0 saturated carbocycles. The van der Waals surface area contributed by atoms with Crippen LogP contribution in [0.1, 0.15) is 10.4 Å². The number of nitrogens with zero attached hydrogens (tertiary/aromatic N) is 4. The first-order valence-electron chi connectivity index (χ1n) is 11.0. The topological polar surface area (TPSA) is 136 Å². The Hall–Kier alpha value is -4.42. The maximum atomic E-state index is 13.1. The van der Waals surface area contributed by atoms with Crippen molar-refractivity contribution in [3.05, 3.63) is 76.6 Å². The number of anilines is 2. The molecule has 0 atom stereocenters. The van der Waals surface area contributed by atoms with Crippen LogP contribution in [-0.2, 0) is 4.74 Å². The summed E-state index contributed by atoms with van der Waals surface area (Å²) in [6.45, 7) is 2.15. The summed E-state index contributed by atoms with van der Waals surface area (Å²) in [4.78, 5) is 34.4. The molecule has 11 nitrogen and oxygen atoms in total. The summed E-state index contributed by atoms with van der Waals surface area (Å²) < 4.78 is 11.2. The van der Waals surface area contributed by atoms with Gasteiger partial charge in [-0.15, -0.1) is 0 Å². The molecule has 4 aromatic rings. The van der Waals surface area contributed by atoms with E-state index in [2.05, 4.69) is 20.6 Å². The maximum Gasteiger partial charge on any atom is 0.270 e. The van der Waals surface area contributed by atoms with Crippen LogP contribution in [0.3, 0.4) is 0 Å². The molecular formula is C24H20N6O5S. The first-order valence-corrected chi connectivity index (χ1v) is 11.4. The SMILES string of the molecule is O=C(NC(=S)Nc1ccc2oc(-c3cccnc3)nc2c1)c1cc([N+](=O)[O-])ccc1N1CCOCC1. The van der Waals surface area contributed by atoms with Crippen LogP contribution in [0.5, 0.6) is 0 Å². The number of amides is 1. The zero-order valence-electron chi connectivity index (χ0n) is 18.8. The minimum Gasteiger partial charge on any atom is -0.436 e. The Labute approximate surface area is 210 Å². The molecule has 1 fully saturated rings. The van der Waals surface area contributed by atoms with Crippen LogP contribution in [0.15, 0.2) is 65.3 Å². The maximum absolute atomic E-state index is 13.1. The van der Waals surface area contributed by atoms with E-state index >= 15 is 0 Å². The Balaban J connectivity index is 1.33. The number of oxazole rings is 1. The van der Waals surface area contributed by atoms with Gasteiger partial charge in [-0.1, -0.05) is 0 Å². The van der Waals surface area contributed by atoms with E-state index in [1.165, 1.54) is 12.1 Å². The van der Waals surface area contributed by atoms with Crippen molar-refractivity contribution in [3.63, 3.8) is 0 Å². The minimum absolute atomic E-state index is 0.0368. The highest BCUT2D eigenvalue weighted by molar-refractivity contribution is 7.80. The Morgan fingerprint density at radius 3 is 2.72 bits per heavy atom. The number of nitro benzene ring substituents is 1. The van der Waals surface area contributed by atoms with Crippen molar-refractivity contribution in [3.8, 4) is 11.5 Å². The number of pyridine rings is 1. The van der Waals surface area contributed by atoms with Crippen molar-refractivity contribution >= 4 is 51.4 Å². The van der Waals surface area contributed by atoms with E-state index in [-0.39, 0.29) is 16.4 Å². The number of hydrogen-bond donors (Lipinski definition) is 2. The van der Waals surface area contributed by atoms with E-state index in [4.69, 9.17) is 21.4 Å². The van der Waals surface area contributed by atoms with Crippen molar-refractivity contribution in [1.82, 2.24) is 15.3 Å². The van der Waals surface area contributed by atoms with Crippen molar-refractivity contribution in [2.75, 3.05) is 36.5 Å². The molecule has 1 aliphatic heterocycles. The molecule has 1 amide bonds. The van der Waals surface area contributed by atoms with Gasteiger partial charge in [-0.05, 0) is 48.6 Å². The molecule has 36 heavy (non-hydrogen) atoms. The lowest BCUT2D eigenvalue weighted by Gasteiger charge is -2.30. The molecule has 0 unspecified atom stereocenters. The van der Waals surface area contributed by atoms with Gasteiger partial charge in [0.25, 0.3) is 11.6 Å². The van der Waals surface area contributed by atoms with Gasteiger partial charge < -0.3 is 19.4 Å². The number of rotatable bonds is 5. The Kier molecular flexibility index (Phi) is 6.52. The highest BCUT2D eigenvalue weighted by Gasteiger charge is 2.23. The molecule has 5 rings (SSSR count). The monoisotopic (exact) mass is 504 g/mol. The molecule has 0 aliphatic carbocycles. The number of nitrogens with one attached hydrogen (secondary N) is 2.